The average molecular weight is 321 g/mol. The van der Waals surface area contributed by atoms with Gasteiger partial charge in [0.15, 0.2) is 0 Å². The SMILES string of the molecule is Cc1cc(F)ccc1C1CC(NC(=O)C(C)C)CCN1C(N)=O. The monoisotopic (exact) mass is 321 g/mol. The summed E-state index contributed by atoms with van der Waals surface area (Å²) in [7, 11) is 0. The fraction of sp³-hybridized carbons (Fsp3) is 0.529. The summed E-state index contributed by atoms with van der Waals surface area (Å²) in [5.74, 6) is -0.398. The van der Waals surface area contributed by atoms with Crippen molar-refractivity contribution in [1.82, 2.24) is 10.2 Å². The van der Waals surface area contributed by atoms with Gasteiger partial charge in [-0.1, -0.05) is 19.9 Å². The lowest BCUT2D eigenvalue weighted by Gasteiger charge is -2.39. The highest BCUT2D eigenvalue weighted by Gasteiger charge is 2.33. The lowest BCUT2D eigenvalue weighted by Crippen LogP contribution is -2.50. The van der Waals surface area contributed by atoms with Crippen molar-refractivity contribution < 1.29 is 14.0 Å². The Bertz CT molecular complexity index is 604. The summed E-state index contributed by atoms with van der Waals surface area (Å²) in [6.07, 6.45) is 1.24. The van der Waals surface area contributed by atoms with E-state index in [0.29, 0.717) is 19.4 Å². The summed E-state index contributed by atoms with van der Waals surface area (Å²) in [5.41, 5.74) is 7.14. The third kappa shape index (κ3) is 4.00. The Morgan fingerprint density at radius 1 is 1.39 bits per heavy atom. The standard InChI is InChI=1S/C17H24FN3O2/c1-10(2)16(22)20-13-6-7-21(17(19)23)15(9-13)14-5-4-12(18)8-11(14)3/h4-5,8,10,13,15H,6-7,9H2,1-3H3,(H2,19,23)(H,20,22). The molecule has 3 N–H and O–H groups in total. The van der Waals surface area contributed by atoms with Crippen molar-refractivity contribution in [3.05, 3.63) is 35.1 Å². The molecule has 1 fully saturated rings. The highest BCUT2D eigenvalue weighted by molar-refractivity contribution is 5.78. The maximum Gasteiger partial charge on any atom is 0.315 e. The predicted molar refractivity (Wildman–Crippen MR) is 86.2 cm³/mol. The van der Waals surface area contributed by atoms with Gasteiger partial charge in [0.1, 0.15) is 5.82 Å². The first-order valence-corrected chi connectivity index (χ1v) is 7.92. The number of urea groups is 1. The molecule has 6 heteroatoms. The number of rotatable bonds is 3. The van der Waals surface area contributed by atoms with Gasteiger partial charge in [-0.2, -0.15) is 0 Å². The van der Waals surface area contributed by atoms with Gasteiger partial charge in [0, 0.05) is 18.5 Å². The van der Waals surface area contributed by atoms with E-state index in [9.17, 15) is 14.0 Å². The zero-order valence-electron chi connectivity index (χ0n) is 13.8. The van der Waals surface area contributed by atoms with Crippen molar-refractivity contribution in [2.45, 2.75) is 45.7 Å². The number of carbonyl (C=O) groups excluding carboxylic acids is 2. The molecular weight excluding hydrogens is 297 g/mol. The average Bonchev–Trinajstić information content (AvgIpc) is 2.46. The number of aryl methyl sites for hydroxylation is 1. The molecule has 0 aromatic heterocycles. The van der Waals surface area contributed by atoms with Crippen LogP contribution in [0.4, 0.5) is 9.18 Å². The van der Waals surface area contributed by atoms with Crippen molar-refractivity contribution in [1.29, 1.82) is 0 Å². The largest absolute Gasteiger partial charge is 0.353 e. The maximum absolute atomic E-state index is 13.3. The van der Waals surface area contributed by atoms with E-state index in [1.54, 1.807) is 11.0 Å². The molecule has 23 heavy (non-hydrogen) atoms. The van der Waals surface area contributed by atoms with E-state index in [1.807, 2.05) is 20.8 Å². The second-order valence-electron chi connectivity index (χ2n) is 6.43. The second kappa shape index (κ2) is 6.98. The van der Waals surface area contributed by atoms with Crippen molar-refractivity contribution >= 4 is 11.9 Å². The van der Waals surface area contributed by atoms with E-state index in [4.69, 9.17) is 5.73 Å². The molecule has 1 saturated heterocycles. The normalized spacial score (nSPS) is 21.3. The Labute approximate surface area is 136 Å². The molecule has 1 aromatic carbocycles. The van der Waals surface area contributed by atoms with Crippen LogP contribution in [0, 0.1) is 18.7 Å². The molecule has 2 rings (SSSR count). The molecule has 1 heterocycles. The molecule has 0 aliphatic carbocycles. The Hall–Kier alpha value is -2.11. The molecule has 1 aliphatic heterocycles. The first-order chi connectivity index (χ1) is 10.8. The molecule has 0 bridgehead atoms. The van der Waals surface area contributed by atoms with Crippen LogP contribution in [0.3, 0.4) is 0 Å². The van der Waals surface area contributed by atoms with Crippen LogP contribution in [0.2, 0.25) is 0 Å². The minimum absolute atomic E-state index is 0.00268. The number of halogens is 1. The molecule has 0 spiro atoms. The third-order valence-corrected chi connectivity index (χ3v) is 4.35. The van der Waals surface area contributed by atoms with Gasteiger partial charge in [0.25, 0.3) is 0 Å². The molecule has 0 radical (unpaired) electrons. The summed E-state index contributed by atoms with van der Waals surface area (Å²) >= 11 is 0. The number of nitrogens with one attached hydrogen (secondary N) is 1. The number of primary amides is 1. The Morgan fingerprint density at radius 3 is 2.65 bits per heavy atom. The van der Waals surface area contributed by atoms with Gasteiger partial charge in [-0.15, -0.1) is 0 Å². The Balaban J connectivity index is 2.23. The molecular formula is C17H24FN3O2. The molecule has 2 unspecified atom stereocenters. The summed E-state index contributed by atoms with van der Waals surface area (Å²) in [5, 5.41) is 3.02. The highest BCUT2D eigenvalue weighted by atomic mass is 19.1. The molecule has 1 aliphatic rings. The van der Waals surface area contributed by atoms with Gasteiger partial charge in [-0.25, -0.2) is 9.18 Å². The van der Waals surface area contributed by atoms with Crippen molar-refractivity contribution in [3.63, 3.8) is 0 Å². The number of piperidine rings is 1. The van der Waals surface area contributed by atoms with Crippen LogP contribution in [-0.2, 0) is 4.79 Å². The topological polar surface area (TPSA) is 75.4 Å². The van der Waals surface area contributed by atoms with Gasteiger partial charge >= 0.3 is 6.03 Å². The van der Waals surface area contributed by atoms with Gasteiger partial charge in [0.2, 0.25) is 5.91 Å². The summed E-state index contributed by atoms with van der Waals surface area (Å²) < 4.78 is 13.3. The first-order valence-electron chi connectivity index (χ1n) is 7.92. The summed E-state index contributed by atoms with van der Waals surface area (Å²) in [6, 6.07) is 3.77. The third-order valence-electron chi connectivity index (χ3n) is 4.35. The van der Waals surface area contributed by atoms with E-state index >= 15 is 0 Å². The quantitative estimate of drug-likeness (QED) is 0.897. The lowest BCUT2D eigenvalue weighted by molar-refractivity contribution is -0.125. The van der Waals surface area contributed by atoms with Crippen LogP contribution in [-0.4, -0.2) is 29.4 Å². The number of hydrogen-bond acceptors (Lipinski definition) is 2. The van der Waals surface area contributed by atoms with Crippen LogP contribution in [0.1, 0.15) is 43.9 Å². The zero-order valence-corrected chi connectivity index (χ0v) is 13.8. The number of nitrogens with zero attached hydrogens (tertiary/aromatic N) is 1. The van der Waals surface area contributed by atoms with Gasteiger partial charge in [0.05, 0.1) is 6.04 Å². The number of carbonyl (C=O) groups is 2. The minimum Gasteiger partial charge on any atom is -0.353 e. The molecule has 1 aromatic rings. The van der Waals surface area contributed by atoms with E-state index < -0.39 is 6.03 Å². The van der Waals surface area contributed by atoms with Crippen molar-refractivity contribution in [2.75, 3.05) is 6.54 Å². The molecule has 5 nitrogen and oxygen atoms in total. The van der Waals surface area contributed by atoms with Crippen LogP contribution in [0.5, 0.6) is 0 Å². The molecule has 0 saturated carbocycles. The minimum atomic E-state index is -0.493. The Morgan fingerprint density at radius 2 is 2.09 bits per heavy atom. The number of likely N-dealkylation sites (tertiary alicyclic amines) is 1. The van der Waals surface area contributed by atoms with Crippen LogP contribution < -0.4 is 11.1 Å². The zero-order chi connectivity index (χ0) is 17.1. The fourth-order valence-corrected chi connectivity index (χ4v) is 3.04. The van der Waals surface area contributed by atoms with Gasteiger partial charge in [-0.3, -0.25) is 4.79 Å². The second-order valence-corrected chi connectivity index (χ2v) is 6.43. The van der Waals surface area contributed by atoms with E-state index in [-0.39, 0.29) is 29.7 Å². The lowest BCUT2D eigenvalue weighted by atomic mass is 9.89. The number of amides is 3. The first kappa shape index (κ1) is 17.2. The smallest absolute Gasteiger partial charge is 0.315 e. The van der Waals surface area contributed by atoms with Crippen LogP contribution in [0.25, 0.3) is 0 Å². The summed E-state index contributed by atoms with van der Waals surface area (Å²) in [4.78, 5) is 25.3. The van der Waals surface area contributed by atoms with E-state index in [2.05, 4.69) is 5.32 Å². The van der Waals surface area contributed by atoms with Gasteiger partial charge < -0.3 is 16.0 Å². The van der Waals surface area contributed by atoms with E-state index in [0.717, 1.165) is 11.1 Å². The maximum atomic E-state index is 13.3. The predicted octanol–water partition coefficient (Wildman–Crippen LogP) is 2.49. The summed E-state index contributed by atoms with van der Waals surface area (Å²) in [6.45, 7) is 5.97. The molecule has 126 valence electrons. The Kier molecular flexibility index (Phi) is 5.23. The number of hydrogen-bond donors (Lipinski definition) is 2. The van der Waals surface area contributed by atoms with Crippen molar-refractivity contribution in [3.8, 4) is 0 Å². The molecule has 3 amide bonds. The fourth-order valence-electron chi connectivity index (χ4n) is 3.04. The van der Waals surface area contributed by atoms with Crippen molar-refractivity contribution in [2.24, 2.45) is 11.7 Å². The van der Waals surface area contributed by atoms with Crippen LogP contribution >= 0.6 is 0 Å². The van der Waals surface area contributed by atoms with Gasteiger partial charge in [-0.05, 0) is 43.0 Å². The number of benzene rings is 1. The van der Waals surface area contributed by atoms with E-state index in [1.165, 1.54) is 12.1 Å². The van der Waals surface area contributed by atoms with Crippen LogP contribution in [0.15, 0.2) is 18.2 Å². The molecule has 2 atom stereocenters. The highest BCUT2D eigenvalue weighted by Crippen LogP contribution is 2.33. The number of nitrogens with two attached hydrogens (primary N) is 1.